The van der Waals surface area contributed by atoms with Crippen LogP contribution in [0.1, 0.15) is 18.9 Å². The van der Waals surface area contributed by atoms with E-state index in [1.165, 1.54) is 6.20 Å². The van der Waals surface area contributed by atoms with Crippen LogP contribution >= 0.6 is 27.7 Å². The number of alkyl halides is 3. The normalized spacial score (nSPS) is 13.4. The zero-order chi connectivity index (χ0) is 13.8. The van der Waals surface area contributed by atoms with Gasteiger partial charge in [0.15, 0.2) is 0 Å². The fraction of sp³-hybridized carbons (Fsp3) is 0.545. The van der Waals surface area contributed by atoms with E-state index in [1.54, 1.807) is 11.8 Å². The smallest absolute Gasteiger partial charge is 0.366 e. The molecule has 0 aliphatic carbocycles. The molecule has 0 saturated carbocycles. The van der Waals surface area contributed by atoms with Crippen molar-refractivity contribution in [3.63, 3.8) is 0 Å². The summed E-state index contributed by atoms with van der Waals surface area (Å²) < 4.78 is 38.9. The van der Waals surface area contributed by atoms with Crippen LogP contribution in [0.5, 0.6) is 0 Å². The molecule has 0 bridgehead atoms. The van der Waals surface area contributed by atoms with E-state index in [-0.39, 0.29) is 11.9 Å². The standard InChI is InChI=1S/C11H14BrF3N2S/c1-3-8(6-18-2)17-10-9(11(13,14)15)4-7(12)5-16-10/h4-5,8H,3,6H2,1-2H3,(H,16,17). The molecule has 1 unspecified atom stereocenters. The number of nitrogens with one attached hydrogen (secondary N) is 1. The van der Waals surface area contributed by atoms with Crippen LogP contribution in [0.25, 0.3) is 0 Å². The zero-order valence-electron chi connectivity index (χ0n) is 10.0. The monoisotopic (exact) mass is 342 g/mol. The van der Waals surface area contributed by atoms with Gasteiger partial charge in [-0.3, -0.25) is 0 Å². The highest BCUT2D eigenvalue weighted by Gasteiger charge is 2.35. The Morgan fingerprint density at radius 1 is 1.50 bits per heavy atom. The Bertz CT molecular complexity index is 398. The SMILES string of the molecule is CCC(CSC)Nc1ncc(Br)cc1C(F)(F)F. The fourth-order valence-electron chi connectivity index (χ4n) is 1.43. The van der Waals surface area contributed by atoms with Gasteiger partial charge < -0.3 is 5.32 Å². The molecule has 0 spiro atoms. The van der Waals surface area contributed by atoms with Crippen molar-refractivity contribution in [2.24, 2.45) is 0 Å². The average Bonchev–Trinajstić information content (AvgIpc) is 2.29. The maximum atomic E-state index is 12.9. The minimum atomic E-state index is -4.41. The number of nitrogens with zero attached hydrogens (tertiary/aromatic N) is 1. The highest BCUT2D eigenvalue weighted by molar-refractivity contribution is 9.10. The fourth-order valence-corrected chi connectivity index (χ4v) is 2.48. The summed E-state index contributed by atoms with van der Waals surface area (Å²) in [6.07, 6.45) is -0.375. The summed E-state index contributed by atoms with van der Waals surface area (Å²) in [5.74, 6) is 0.637. The van der Waals surface area contributed by atoms with Gasteiger partial charge in [0.2, 0.25) is 0 Å². The summed E-state index contributed by atoms with van der Waals surface area (Å²) in [4.78, 5) is 3.83. The first kappa shape index (κ1) is 15.6. The van der Waals surface area contributed by atoms with Crippen molar-refractivity contribution in [1.82, 2.24) is 4.98 Å². The predicted molar refractivity (Wildman–Crippen MR) is 73.0 cm³/mol. The molecule has 0 fully saturated rings. The molecule has 7 heteroatoms. The van der Waals surface area contributed by atoms with Gasteiger partial charge in [0, 0.05) is 22.5 Å². The molecule has 0 aliphatic rings. The Labute approximate surface area is 117 Å². The van der Waals surface area contributed by atoms with Gasteiger partial charge in [-0.05, 0) is 34.7 Å². The lowest BCUT2D eigenvalue weighted by molar-refractivity contribution is -0.137. The van der Waals surface area contributed by atoms with Gasteiger partial charge in [0.1, 0.15) is 5.82 Å². The number of hydrogen-bond acceptors (Lipinski definition) is 3. The van der Waals surface area contributed by atoms with Gasteiger partial charge in [-0.2, -0.15) is 24.9 Å². The lowest BCUT2D eigenvalue weighted by Gasteiger charge is -2.19. The Hall–Kier alpha value is -0.430. The molecule has 1 rings (SSSR count). The maximum Gasteiger partial charge on any atom is 0.419 e. The third kappa shape index (κ3) is 4.35. The van der Waals surface area contributed by atoms with Gasteiger partial charge in [-0.15, -0.1) is 0 Å². The first-order valence-corrected chi connectivity index (χ1v) is 7.55. The summed E-state index contributed by atoms with van der Waals surface area (Å²) in [7, 11) is 0. The molecule has 1 aromatic heterocycles. The number of halogens is 4. The lowest BCUT2D eigenvalue weighted by Crippen LogP contribution is -2.24. The Balaban J connectivity index is 3.01. The van der Waals surface area contributed by atoms with Gasteiger partial charge in [0.05, 0.1) is 5.56 Å². The highest BCUT2D eigenvalue weighted by Crippen LogP contribution is 2.35. The molecule has 1 aromatic rings. The van der Waals surface area contributed by atoms with Gasteiger partial charge >= 0.3 is 6.18 Å². The third-order valence-electron chi connectivity index (χ3n) is 2.36. The van der Waals surface area contributed by atoms with Crippen LogP contribution in [0.3, 0.4) is 0 Å². The first-order valence-electron chi connectivity index (χ1n) is 5.36. The van der Waals surface area contributed by atoms with Crippen molar-refractivity contribution >= 4 is 33.5 Å². The minimum absolute atomic E-state index is 0.0187. The van der Waals surface area contributed by atoms with Crippen LogP contribution in [0.2, 0.25) is 0 Å². The predicted octanol–water partition coefficient (Wildman–Crippen LogP) is 4.42. The summed E-state index contributed by atoms with van der Waals surface area (Å²) >= 11 is 4.60. The molecule has 0 amide bonds. The summed E-state index contributed by atoms with van der Waals surface area (Å²) in [5, 5.41) is 2.86. The van der Waals surface area contributed by atoms with Crippen molar-refractivity contribution in [2.45, 2.75) is 25.6 Å². The summed E-state index contributed by atoms with van der Waals surface area (Å²) in [5.41, 5.74) is -0.739. The summed E-state index contributed by atoms with van der Waals surface area (Å²) in [6, 6.07) is 1.02. The van der Waals surface area contributed by atoms with Crippen molar-refractivity contribution in [3.8, 4) is 0 Å². The second kappa shape index (κ2) is 6.65. The lowest BCUT2D eigenvalue weighted by atomic mass is 10.2. The molecule has 2 nitrogen and oxygen atoms in total. The van der Waals surface area contributed by atoms with E-state index < -0.39 is 11.7 Å². The van der Waals surface area contributed by atoms with Crippen molar-refractivity contribution in [2.75, 3.05) is 17.3 Å². The molecule has 18 heavy (non-hydrogen) atoms. The van der Waals surface area contributed by atoms with Crippen LogP contribution in [0, 0.1) is 0 Å². The van der Waals surface area contributed by atoms with Crippen LogP contribution in [0.4, 0.5) is 19.0 Å². The number of rotatable bonds is 5. The highest BCUT2D eigenvalue weighted by atomic mass is 79.9. The molecule has 1 atom stereocenters. The number of anilines is 1. The van der Waals surface area contributed by atoms with E-state index >= 15 is 0 Å². The molecular weight excluding hydrogens is 329 g/mol. The van der Waals surface area contributed by atoms with Crippen molar-refractivity contribution in [1.29, 1.82) is 0 Å². The van der Waals surface area contributed by atoms with E-state index in [0.29, 0.717) is 4.47 Å². The molecule has 0 radical (unpaired) electrons. The quantitative estimate of drug-likeness (QED) is 0.857. The average molecular weight is 343 g/mol. The van der Waals surface area contributed by atoms with Crippen LogP contribution in [-0.4, -0.2) is 23.0 Å². The Morgan fingerprint density at radius 3 is 2.67 bits per heavy atom. The molecule has 0 saturated heterocycles. The molecule has 1 heterocycles. The van der Waals surface area contributed by atoms with Gasteiger partial charge in [-0.25, -0.2) is 4.98 Å². The largest absolute Gasteiger partial charge is 0.419 e. The molecule has 0 aliphatic heterocycles. The molecule has 102 valence electrons. The van der Waals surface area contributed by atoms with Crippen LogP contribution < -0.4 is 5.32 Å². The van der Waals surface area contributed by atoms with E-state index in [1.807, 2.05) is 13.2 Å². The molecule has 0 aromatic carbocycles. The minimum Gasteiger partial charge on any atom is -0.366 e. The van der Waals surface area contributed by atoms with Crippen molar-refractivity contribution < 1.29 is 13.2 Å². The van der Waals surface area contributed by atoms with Gasteiger partial charge in [0.25, 0.3) is 0 Å². The van der Waals surface area contributed by atoms with E-state index in [2.05, 4.69) is 26.2 Å². The van der Waals surface area contributed by atoms with E-state index in [4.69, 9.17) is 0 Å². The third-order valence-corrected chi connectivity index (χ3v) is 3.53. The maximum absolute atomic E-state index is 12.9. The molecule has 1 N–H and O–H groups in total. The second-order valence-corrected chi connectivity index (χ2v) is 5.58. The number of pyridine rings is 1. The number of aromatic nitrogens is 1. The Morgan fingerprint density at radius 2 is 2.17 bits per heavy atom. The van der Waals surface area contributed by atoms with Crippen molar-refractivity contribution in [3.05, 3.63) is 22.3 Å². The van der Waals surface area contributed by atoms with E-state index in [0.717, 1.165) is 18.2 Å². The molecular formula is C11H14BrF3N2S. The Kier molecular flexibility index (Phi) is 5.78. The first-order chi connectivity index (χ1) is 8.38. The van der Waals surface area contributed by atoms with Gasteiger partial charge in [-0.1, -0.05) is 6.92 Å². The number of hydrogen-bond donors (Lipinski definition) is 1. The van der Waals surface area contributed by atoms with Crippen LogP contribution in [-0.2, 0) is 6.18 Å². The zero-order valence-corrected chi connectivity index (χ0v) is 12.4. The van der Waals surface area contributed by atoms with Crippen LogP contribution in [0.15, 0.2) is 16.7 Å². The topological polar surface area (TPSA) is 24.9 Å². The second-order valence-electron chi connectivity index (χ2n) is 3.75. The summed E-state index contributed by atoms with van der Waals surface area (Å²) in [6.45, 7) is 1.93. The number of thioether (sulfide) groups is 1. The van der Waals surface area contributed by atoms with E-state index in [9.17, 15) is 13.2 Å².